The van der Waals surface area contributed by atoms with Crippen LogP contribution >= 0.6 is 0 Å². The summed E-state index contributed by atoms with van der Waals surface area (Å²) in [5, 5.41) is 4.00. The van der Waals surface area contributed by atoms with Crippen LogP contribution < -0.4 is 10.5 Å². The molecule has 7 heteroatoms. The lowest BCUT2D eigenvalue weighted by Crippen LogP contribution is -2.09. The van der Waals surface area contributed by atoms with Crippen LogP contribution in [0.2, 0.25) is 0 Å². The first kappa shape index (κ1) is 15.0. The van der Waals surface area contributed by atoms with E-state index in [2.05, 4.69) is 10.1 Å². The maximum absolute atomic E-state index is 13.8. The summed E-state index contributed by atoms with van der Waals surface area (Å²) in [6.45, 7) is 5.15. The van der Waals surface area contributed by atoms with Gasteiger partial charge in [0.2, 0.25) is 5.95 Å². The molecule has 0 saturated heterocycles. The number of anilines is 1. The van der Waals surface area contributed by atoms with Crippen molar-refractivity contribution in [3.63, 3.8) is 0 Å². The summed E-state index contributed by atoms with van der Waals surface area (Å²) in [6.07, 6.45) is 2.58. The molecule has 0 amide bonds. The summed E-state index contributed by atoms with van der Waals surface area (Å²) < 4.78 is 34.0. The van der Waals surface area contributed by atoms with E-state index in [1.165, 1.54) is 10.9 Å². The van der Waals surface area contributed by atoms with Gasteiger partial charge in [-0.25, -0.2) is 18.4 Å². The smallest absolute Gasteiger partial charge is 0.221 e. The maximum atomic E-state index is 13.8. The zero-order valence-electron chi connectivity index (χ0n) is 12.0. The molecule has 2 aromatic rings. The minimum atomic E-state index is -0.778. The number of rotatable bonds is 4. The lowest BCUT2D eigenvalue weighted by Gasteiger charge is -2.11. The molecular weight excluding hydrogens is 278 g/mol. The van der Waals surface area contributed by atoms with Gasteiger partial charge in [-0.2, -0.15) is 5.10 Å². The van der Waals surface area contributed by atoms with Crippen molar-refractivity contribution >= 4 is 12.2 Å². The molecule has 0 aliphatic rings. The number of benzene rings is 1. The molecule has 0 fully saturated rings. The van der Waals surface area contributed by atoms with Crippen LogP contribution in [0, 0.1) is 18.6 Å². The molecule has 1 heterocycles. The number of ether oxygens (including phenoxy) is 1. The van der Waals surface area contributed by atoms with E-state index in [-0.39, 0.29) is 23.4 Å². The molecule has 0 saturated carbocycles. The van der Waals surface area contributed by atoms with Gasteiger partial charge in [0.15, 0.2) is 17.4 Å². The fourth-order valence-corrected chi connectivity index (χ4v) is 1.73. The van der Waals surface area contributed by atoms with E-state index in [4.69, 9.17) is 10.5 Å². The monoisotopic (exact) mass is 294 g/mol. The molecule has 0 bridgehead atoms. The topological polar surface area (TPSA) is 65.4 Å². The van der Waals surface area contributed by atoms with Gasteiger partial charge in [-0.1, -0.05) is 0 Å². The van der Waals surface area contributed by atoms with Crippen molar-refractivity contribution in [1.29, 1.82) is 0 Å². The molecular formula is C14H16F2N4O. The fraction of sp³-hybridized carbons (Fsp3) is 0.286. The van der Waals surface area contributed by atoms with Crippen LogP contribution in [0.25, 0.3) is 0 Å². The largest absolute Gasteiger partial charge is 0.485 e. The van der Waals surface area contributed by atoms with Gasteiger partial charge in [0.1, 0.15) is 0 Å². The standard InChI is InChI=1S/C14H16F2N4O/c1-8(2)21-13-11(15)4-10(5-12(13)16)6-18-20-7-9(3)19-14(20)17/h4-8H,1-3H3,(H2,17,19). The molecule has 2 rings (SSSR count). The van der Waals surface area contributed by atoms with E-state index >= 15 is 0 Å². The van der Waals surface area contributed by atoms with Gasteiger partial charge in [-0.15, -0.1) is 0 Å². The number of aryl methyl sites for hydroxylation is 1. The third kappa shape index (κ3) is 3.56. The first-order valence-corrected chi connectivity index (χ1v) is 6.38. The third-order valence-corrected chi connectivity index (χ3v) is 2.54. The second-order valence-corrected chi connectivity index (χ2v) is 4.81. The van der Waals surface area contributed by atoms with Gasteiger partial charge in [-0.3, -0.25) is 0 Å². The van der Waals surface area contributed by atoms with E-state index in [9.17, 15) is 8.78 Å². The van der Waals surface area contributed by atoms with E-state index in [0.717, 1.165) is 12.1 Å². The number of aromatic nitrogens is 2. The van der Waals surface area contributed by atoms with E-state index in [1.54, 1.807) is 27.0 Å². The summed E-state index contributed by atoms with van der Waals surface area (Å²) >= 11 is 0. The van der Waals surface area contributed by atoms with Gasteiger partial charge in [-0.05, 0) is 32.9 Å². The Hall–Kier alpha value is -2.44. The van der Waals surface area contributed by atoms with Crippen molar-refractivity contribution in [3.05, 3.63) is 41.2 Å². The van der Waals surface area contributed by atoms with Crippen LogP contribution in [0.3, 0.4) is 0 Å². The Bertz CT molecular complexity index is 657. The molecule has 112 valence electrons. The fourth-order valence-electron chi connectivity index (χ4n) is 1.73. The molecule has 21 heavy (non-hydrogen) atoms. The molecule has 1 aromatic heterocycles. The second kappa shape index (κ2) is 5.90. The molecule has 0 unspecified atom stereocenters. The van der Waals surface area contributed by atoms with Gasteiger partial charge in [0.05, 0.1) is 24.2 Å². The zero-order chi connectivity index (χ0) is 15.6. The van der Waals surface area contributed by atoms with Gasteiger partial charge in [0, 0.05) is 5.56 Å². The van der Waals surface area contributed by atoms with Crippen molar-refractivity contribution in [3.8, 4) is 5.75 Å². The minimum Gasteiger partial charge on any atom is -0.485 e. The zero-order valence-corrected chi connectivity index (χ0v) is 12.0. The number of nitrogens with zero attached hydrogens (tertiary/aromatic N) is 3. The highest BCUT2D eigenvalue weighted by molar-refractivity contribution is 5.80. The lowest BCUT2D eigenvalue weighted by molar-refractivity contribution is 0.219. The van der Waals surface area contributed by atoms with E-state index in [1.807, 2.05) is 0 Å². The summed E-state index contributed by atoms with van der Waals surface area (Å²) in [4.78, 5) is 3.96. The molecule has 5 nitrogen and oxygen atoms in total. The first-order valence-electron chi connectivity index (χ1n) is 6.38. The molecule has 0 aliphatic carbocycles. The van der Waals surface area contributed by atoms with E-state index < -0.39 is 11.6 Å². The predicted octanol–water partition coefficient (Wildman–Crippen LogP) is 2.72. The van der Waals surface area contributed by atoms with Crippen LogP contribution in [-0.4, -0.2) is 22.0 Å². The second-order valence-electron chi connectivity index (χ2n) is 4.81. The van der Waals surface area contributed by atoms with Crippen LogP contribution in [0.4, 0.5) is 14.7 Å². The highest BCUT2D eigenvalue weighted by Gasteiger charge is 2.13. The quantitative estimate of drug-likeness (QED) is 0.882. The van der Waals surface area contributed by atoms with Gasteiger partial charge >= 0.3 is 0 Å². The summed E-state index contributed by atoms with van der Waals surface area (Å²) in [6, 6.07) is 2.29. The number of imidazole rings is 1. The van der Waals surface area contributed by atoms with Crippen molar-refractivity contribution in [2.75, 3.05) is 5.73 Å². The average Bonchev–Trinajstić information content (AvgIpc) is 2.69. The van der Waals surface area contributed by atoms with E-state index in [0.29, 0.717) is 5.69 Å². The number of hydrogen-bond donors (Lipinski definition) is 1. The summed E-state index contributed by atoms with van der Waals surface area (Å²) in [5.74, 6) is -1.75. The minimum absolute atomic E-state index is 0.199. The summed E-state index contributed by atoms with van der Waals surface area (Å²) in [5.41, 5.74) is 6.57. The normalized spacial score (nSPS) is 11.5. The SMILES string of the molecule is Cc1cn(N=Cc2cc(F)c(OC(C)C)c(F)c2)c(N)n1. The third-order valence-electron chi connectivity index (χ3n) is 2.54. The Morgan fingerprint density at radius 3 is 2.43 bits per heavy atom. The summed E-state index contributed by atoms with van der Waals surface area (Å²) in [7, 11) is 0. The Balaban J connectivity index is 2.27. The van der Waals surface area contributed by atoms with Crippen LogP contribution in [0.5, 0.6) is 5.75 Å². The number of nitrogens with two attached hydrogens (primary N) is 1. The number of nitrogen functional groups attached to an aromatic ring is 1. The maximum Gasteiger partial charge on any atom is 0.221 e. The molecule has 0 radical (unpaired) electrons. The van der Waals surface area contributed by atoms with Crippen LogP contribution in [0.15, 0.2) is 23.4 Å². The Labute approximate surface area is 121 Å². The molecule has 0 aliphatic heterocycles. The number of halogens is 2. The van der Waals surface area contributed by atoms with Crippen molar-refractivity contribution in [1.82, 2.24) is 9.66 Å². The van der Waals surface area contributed by atoms with Crippen molar-refractivity contribution in [2.24, 2.45) is 5.10 Å². The molecule has 1 aromatic carbocycles. The molecule has 0 atom stereocenters. The van der Waals surface area contributed by atoms with Crippen LogP contribution in [0.1, 0.15) is 25.1 Å². The highest BCUT2D eigenvalue weighted by Crippen LogP contribution is 2.23. The first-order chi connectivity index (χ1) is 9.86. The highest BCUT2D eigenvalue weighted by atomic mass is 19.1. The molecule has 0 spiro atoms. The Kier molecular flexibility index (Phi) is 4.21. The predicted molar refractivity (Wildman–Crippen MR) is 76.5 cm³/mol. The average molecular weight is 294 g/mol. The van der Waals surface area contributed by atoms with Crippen molar-refractivity contribution < 1.29 is 13.5 Å². The lowest BCUT2D eigenvalue weighted by atomic mass is 10.2. The van der Waals surface area contributed by atoms with Crippen LogP contribution in [-0.2, 0) is 0 Å². The molecule has 2 N–H and O–H groups in total. The van der Waals surface area contributed by atoms with Gasteiger partial charge in [0.25, 0.3) is 0 Å². The van der Waals surface area contributed by atoms with Crippen molar-refractivity contribution in [2.45, 2.75) is 26.9 Å². The Morgan fingerprint density at radius 2 is 1.95 bits per heavy atom. The number of hydrogen-bond acceptors (Lipinski definition) is 4. The Morgan fingerprint density at radius 1 is 1.33 bits per heavy atom. The van der Waals surface area contributed by atoms with Gasteiger partial charge < -0.3 is 10.5 Å².